The van der Waals surface area contributed by atoms with Crippen LogP contribution in [0.3, 0.4) is 0 Å². The number of rotatable bonds is 3. The first kappa shape index (κ1) is 15.7. The van der Waals surface area contributed by atoms with Gasteiger partial charge in [-0.05, 0) is 30.3 Å². The molecule has 0 radical (unpaired) electrons. The fourth-order valence-corrected chi connectivity index (χ4v) is 3.74. The predicted molar refractivity (Wildman–Crippen MR) is 71.9 cm³/mol. The van der Waals surface area contributed by atoms with Crippen molar-refractivity contribution in [2.45, 2.75) is 20.2 Å². The Hall–Kier alpha value is -1.67. The number of hydrogen-bond acceptors (Lipinski definition) is 4. The number of sulfone groups is 1. The van der Waals surface area contributed by atoms with E-state index in [0.29, 0.717) is 4.90 Å². The molecule has 1 N–H and O–H groups in total. The van der Waals surface area contributed by atoms with Gasteiger partial charge in [-0.3, -0.25) is 0 Å². The van der Waals surface area contributed by atoms with Gasteiger partial charge in [-0.2, -0.15) is 13.2 Å². The minimum absolute atomic E-state index is 0.0552. The number of phenols is 1. The highest BCUT2D eigenvalue weighted by atomic mass is 32.2. The maximum atomic E-state index is 12.7. The molecule has 21 heavy (non-hydrogen) atoms. The van der Waals surface area contributed by atoms with Crippen LogP contribution in [0, 0.1) is 0 Å². The zero-order chi connectivity index (χ0) is 15.7. The topological polar surface area (TPSA) is 54.4 Å². The maximum absolute atomic E-state index is 12.7. The SMILES string of the molecule is O=S(=O)(c1ccccc1Sc1cccc(O)c1)C(F)(F)F. The van der Waals surface area contributed by atoms with Crippen molar-refractivity contribution in [1.82, 2.24) is 0 Å². The largest absolute Gasteiger partial charge is 0.508 e. The lowest BCUT2D eigenvalue weighted by Gasteiger charge is -2.12. The Morgan fingerprint density at radius 1 is 1.00 bits per heavy atom. The Morgan fingerprint density at radius 2 is 1.67 bits per heavy atom. The summed E-state index contributed by atoms with van der Waals surface area (Å²) in [7, 11) is -5.42. The summed E-state index contributed by atoms with van der Waals surface area (Å²) in [6.07, 6.45) is 0. The Labute approximate surface area is 123 Å². The molecule has 0 atom stereocenters. The van der Waals surface area contributed by atoms with Crippen LogP contribution in [-0.2, 0) is 9.84 Å². The van der Waals surface area contributed by atoms with Crippen LogP contribution in [0.15, 0.2) is 63.2 Å². The number of aromatic hydroxyl groups is 1. The van der Waals surface area contributed by atoms with Crippen LogP contribution < -0.4 is 0 Å². The quantitative estimate of drug-likeness (QED) is 0.927. The van der Waals surface area contributed by atoms with Crippen molar-refractivity contribution < 1.29 is 26.7 Å². The Kier molecular flexibility index (Phi) is 4.20. The van der Waals surface area contributed by atoms with Crippen molar-refractivity contribution in [2.75, 3.05) is 0 Å². The van der Waals surface area contributed by atoms with Gasteiger partial charge in [0, 0.05) is 9.79 Å². The third kappa shape index (κ3) is 3.33. The van der Waals surface area contributed by atoms with E-state index in [4.69, 9.17) is 0 Å². The minimum atomic E-state index is -5.42. The monoisotopic (exact) mass is 334 g/mol. The average Bonchev–Trinajstić information content (AvgIpc) is 2.38. The van der Waals surface area contributed by atoms with E-state index in [2.05, 4.69) is 0 Å². The van der Waals surface area contributed by atoms with Gasteiger partial charge in [0.2, 0.25) is 0 Å². The molecule has 8 heteroatoms. The molecule has 0 bridgehead atoms. The molecular formula is C13H9F3O3S2. The molecular weight excluding hydrogens is 325 g/mol. The highest BCUT2D eigenvalue weighted by Gasteiger charge is 2.47. The number of benzene rings is 2. The van der Waals surface area contributed by atoms with Crippen LogP contribution in [0.4, 0.5) is 13.2 Å². The van der Waals surface area contributed by atoms with E-state index in [1.807, 2.05) is 0 Å². The van der Waals surface area contributed by atoms with Gasteiger partial charge in [-0.15, -0.1) is 0 Å². The van der Waals surface area contributed by atoms with Crippen molar-refractivity contribution in [1.29, 1.82) is 0 Å². The van der Waals surface area contributed by atoms with Gasteiger partial charge < -0.3 is 5.11 Å². The van der Waals surface area contributed by atoms with Gasteiger partial charge in [0.25, 0.3) is 9.84 Å². The van der Waals surface area contributed by atoms with Crippen LogP contribution in [-0.4, -0.2) is 19.0 Å². The van der Waals surface area contributed by atoms with Gasteiger partial charge in [0.05, 0.1) is 4.90 Å². The molecule has 2 aromatic carbocycles. The lowest BCUT2D eigenvalue weighted by Crippen LogP contribution is -2.23. The predicted octanol–water partition coefficient (Wildman–Crippen LogP) is 3.84. The molecule has 0 fully saturated rings. The van der Waals surface area contributed by atoms with E-state index < -0.39 is 20.2 Å². The molecule has 0 aromatic heterocycles. The van der Waals surface area contributed by atoms with Crippen LogP contribution in [0.2, 0.25) is 0 Å². The lowest BCUT2D eigenvalue weighted by atomic mass is 10.3. The van der Waals surface area contributed by atoms with Gasteiger partial charge in [-0.25, -0.2) is 8.42 Å². The van der Waals surface area contributed by atoms with Gasteiger partial charge in [0.15, 0.2) is 0 Å². The van der Waals surface area contributed by atoms with Gasteiger partial charge >= 0.3 is 5.51 Å². The second kappa shape index (κ2) is 5.61. The fourth-order valence-electron chi connectivity index (χ4n) is 1.56. The number of alkyl halides is 3. The Morgan fingerprint density at radius 3 is 2.29 bits per heavy atom. The normalized spacial score (nSPS) is 12.3. The zero-order valence-electron chi connectivity index (χ0n) is 10.3. The summed E-state index contributed by atoms with van der Waals surface area (Å²) < 4.78 is 61.1. The van der Waals surface area contributed by atoms with Crippen molar-refractivity contribution in [2.24, 2.45) is 0 Å². The first-order chi connectivity index (χ1) is 9.72. The molecule has 112 valence electrons. The van der Waals surface area contributed by atoms with Gasteiger partial charge in [-0.1, -0.05) is 30.0 Å². The summed E-state index contributed by atoms with van der Waals surface area (Å²) in [5, 5.41) is 9.34. The number of halogens is 3. The minimum Gasteiger partial charge on any atom is -0.508 e. The molecule has 2 aromatic rings. The highest BCUT2D eigenvalue weighted by molar-refractivity contribution is 8.00. The van der Waals surface area contributed by atoms with Crippen LogP contribution in [0.5, 0.6) is 5.75 Å². The van der Waals surface area contributed by atoms with Crippen LogP contribution in [0.25, 0.3) is 0 Å². The third-order valence-corrected chi connectivity index (χ3v) is 5.23. The number of phenolic OH excluding ortho intramolecular Hbond substituents is 1. The second-order valence-electron chi connectivity index (χ2n) is 4.00. The summed E-state index contributed by atoms with van der Waals surface area (Å²) in [5.41, 5.74) is -5.36. The van der Waals surface area contributed by atoms with E-state index in [-0.39, 0.29) is 10.6 Å². The van der Waals surface area contributed by atoms with Gasteiger partial charge in [0.1, 0.15) is 5.75 Å². The standard InChI is InChI=1S/C13H9F3O3S2/c14-13(15,16)21(18,19)12-7-2-1-6-11(12)20-10-5-3-4-9(17)8-10/h1-8,17H. The molecule has 0 saturated heterocycles. The van der Waals surface area contributed by atoms with E-state index in [0.717, 1.165) is 17.8 Å². The molecule has 0 amide bonds. The van der Waals surface area contributed by atoms with Crippen molar-refractivity contribution >= 4 is 21.6 Å². The number of hydrogen-bond donors (Lipinski definition) is 1. The third-order valence-electron chi connectivity index (χ3n) is 2.49. The Balaban J connectivity index is 2.48. The molecule has 0 spiro atoms. The molecule has 0 aliphatic rings. The summed E-state index contributed by atoms with van der Waals surface area (Å²) in [4.78, 5) is -0.425. The summed E-state index contributed by atoms with van der Waals surface area (Å²) in [6.45, 7) is 0. The van der Waals surface area contributed by atoms with E-state index in [1.54, 1.807) is 6.07 Å². The first-order valence-corrected chi connectivity index (χ1v) is 7.89. The highest BCUT2D eigenvalue weighted by Crippen LogP contribution is 2.39. The molecule has 3 nitrogen and oxygen atoms in total. The maximum Gasteiger partial charge on any atom is 0.501 e. The van der Waals surface area contributed by atoms with Crippen LogP contribution >= 0.6 is 11.8 Å². The van der Waals surface area contributed by atoms with E-state index in [9.17, 15) is 26.7 Å². The van der Waals surface area contributed by atoms with Crippen molar-refractivity contribution in [3.05, 3.63) is 48.5 Å². The summed E-state index contributed by atoms with van der Waals surface area (Å²) in [5.74, 6) is -0.0591. The summed E-state index contributed by atoms with van der Waals surface area (Å²) >= 11 is 0.832. The Bertz CT molecular complexity index is 755. The average molecular weight is 334 g/mol. The molecule has 0 aliphatic carbocycles. The van der Waals surface area contributed by atoms with Crippen LogP contribution in [0.1, 0.15) is 0 Å². The summed E-state index contributed by atoms with van der Waals surface area (Å²) in [6, 6.07) is 10.7. The second-order valence-corrected chi connectivity index (χ2v) is 7.02. The smallest absolute Gasteiger partial charge is 0.501 e. The van der Waals surface area contributed by atoms with Crippen molar-refractivity contribution in [3.63, 3.8) is 0 Å². The zero-order valence-corrected chi connectivity index (χ0v) is 12.0. The first-order valence-electron chi connectivity index (χ1n) is 5.59. The molecule has 2 rings (SSSR count). The van der Waals surface area contributed by atoms with E-state index in [1.165, 1.54) is 36.4 Å². The molecule has 0 heterocycles. The molecule has 0 saturated carbocycles. The lowest BCUT2D eigenvalue weighted by molar-refractivity contribution is -0.0437. The molecule has 0 aliphatic heterocycles. The van der Waals surface area contributed by atoms with Crippen molar-refractivity contribution in [3.8, 4) is 5.75 Å². The fraction of sp³-hybridized carbons (Fsp3) is 0.0769. The molecule has 0 unspecified atom stereocenters. The van der Waals surface area contributed by atoms with E-state index >= 15 is 0 Å².